The third kappa shape index (κ3) is 3.20. The summed E-state index contributed by atoms with van der Waals surface area (Å²) in [4.78, 5) is 13.4. The maximum atomic E-state index is 13.6. The predicted molar refractivity (Wildman–Crippen MR) is 113 cm³/mol. The van der Waals surface area contributed by atoms with Crippen molar-refractivity contribution in [1.29, 1.82) is 5.26 Å². The highest BCUT2D eigenvalue weighted by Crippen LogP contribution is 2.36. The van der Waals surface area contributed by atoms with Gasteiger partial charge in [0.25, 0.3) is 5.91 Å². The fourth-order valence-electron chi connectivity index (χ4n) is 3.79. The van der Waals surface area contributed by atoms with Gasteiger partial charge in [0, 0.05) is 22.8 Å². The molecular formula is C22H16FN7O. The summed E-state index contributed by atoms with van der Waals surface area (Å²) in [5, 5.41) is 27.4. The van der Waals surface area contributed by atoms with Crippen LogP contribution in [-0.2, 0) is 4.79 Å². The van der Waals surface area contributed by atoms with E-state index in [1.165, 1.54) is 12.1 Å². The van der Waals surface area contributed by atoms with E-state index in [1.54, 1.807) is 42.1 Å². The number of benzene rings is 2. The number of anilines is 2. The van der Waals surface area contributed by atoms with Gasteiger partial charge in [-0.1, -0.05) is 12.1 Å². The van der Waals surface area contributed by atoms with Gasteiger partial charge in [-0.3, -0.25) is 9.89 Å². The molecule has 8 nitrogen and oxygen atoms in total. The molecule has 9 heteroatoms. The lowest BCUT2D eigenvalue weighted by molar-refractivity contribution is -0.113. The number of aromatic nitrogens is 4. The van der Waals surface area contributed by atoms with Gasteiger partial charge in [-0.15, -0.1) is 0 Å². The normalized spacial score (nSPS) is 15.3. The monoisotopic (exact) mass is 413 g/mol. The van der Waals surface area contributed by atoms with Crippen molar-refractivity contribution in [2.24, 2.45) is 0 Å². The molecule has 1 aliphatic heterocycles. The van der Waals surface area contributed by atoms with Gasteiger partial charge in [0.1, 0.15) is 23.7 Å². The molecule has 2 aromatic heterocycles. The molecule has 0 saturated heterocycles. The van der Waals surface area contributed by atoms with Crippen molar-refractivity contribution in [2.45, 2.75) is 13.0 Å². The van der Waals surface area contributed by atoms with Crippen LogP contribution in [0.1, 0.15) is 24.2 Å². The van der Waals surface area contributed by atoms with E-state index in [0.717, 1.165) is 10.9 Å². The van der Waals surface area contributed by atoms with E-state index in [9.17, 15) is 14.4 Å². The molecule has 1 atom stereocenters. The Morgan fingerprint density at radius 1 is 1.23 bits per heavy atom. The Kier molecular flexibility index (Phi) is 4.26. The zero-order valence-corrected chi connectivity index (χ0v) is 16.3. The summed E-state index contributed by atoms with van der Waals surface area (Å²) < 4.78 is 15.1. The zero-order valence-electron chi connectivity index (χ0n) is 16.3. The van der Waals surface area contributed by atoms with Crippen molar-refractivity contribution < 1.29 is 9.18 Å². The largest absolute Gasteiger partial charge is 0.344 e. The highest BCUT2D eigenvalue weighted by atomic mass is 19.1. The second kappa shape index (κ2) is 7.11. The van der Waals surface area contributed by atoms with Crippen LogP contribution in [0.3, 0.4) is 0 Å². The molecule has 152 valence electrons. The highest BCUT2D eigenvalue weighted by molar-refractivity contribution is 6.06. The Bertz CT molecular complexity index is 1390. The minimum atomic E-state index is -0.628. The lowest BCUT2D eigenvalue weighted by Crippen LogP contribution is -2.31. The van der Waals surface area contributed by atoms with Gasteiger partial charge in [0.05, 0.1) is 17.3 Å². The fraction of sp³-hybridized carbons (Fsp3) is 0.0909. The van der Waals surface area contributed by atoms with Crippen LogP contribution in [0.4, 0.5) is 15.9 Å². The summed E-state index contributed by atoms with van der Waals surface area (Å²) in [6, 6.07) is 14.3. The van der Waals surface area contributed by atoms with Crippen molar-refractivity contribution in [2.75, 3.05) is 10.6 Å². The summed E-state index contributed by atoms with van der Waals surface area (Å²) in [6.07, 6.45) is 1.68. The first kappa shape index (κ1) is 18.6. The number of hydrogen-bond donors (Lipinski definition) is 3. The molecule has 2 aromatic carbocycles. The first-order valence-electron chi connectivity index (χ1n) is 9.51. The molecule has 31 heavy (non-hydrogen) atoms. The van der Waals surface area contributed by atoms with Crippen LogP contribution < -0.4 is 10.6 Å². The summed E-state index contributed by atoms with van der Waals surface area (Å²) in [7, 11) is 0. The Morgan fingerprint density at radius 3 is 2.81 bits per heavy atom. The number of amides is 1. The molecule has 0 saturated carbocycles. The summed E-state index contributed by atoms with van der Waals surface area (Å²) in [5.41, 5.74) is 3.40. The Morgan fingerprint density at radius 2 is 2.03 bits per heavy atom. The van der Waals surface area contributed by atoms with Gasteiger partial charge in [0.2, 0.25) is 0 Å². The average molecular weight is 413 g/mol. The molecule has 0 aliphatic carbocycles. The van der Waals surface area contributed by atoms with Crippen LogP contribution in [0, 0.1) is 17.1 Å². The molecule has 0 spiro atoms. The Hall–Kier alpha value is -4.45. The lowest BCUT2D eigenvalue weighted by atomic mass is 9.94. The summed E-state index contributed by atoms with van der Waals surface area (Å²) in [5.74, 6) is -0.127. The molecule has 4 aromatic rings. The quantitative estimate of drug-likeness (QED) is 0.474. The van der Waals surface area contributed by atoms with E-state index < -0.39 is 6.04 Å². The van der Waals surface area contributed by atoms with Crippen LogP contribution in [0.2, 0.25) is 0 Å². The van der Waals surface area contributed by atoms with E-state index in [4.69, 9.17) is 0 Å². The lowest BCUT2D eigenvalue weighted by Gasteiger charge is -2.29. The van der Waals surface area contributed by atoms with Crippen LogP contribution in [0.15, 0.2) is 66.0 Å². The number of halogens is 1. The van der Waals surface area contributed by atoms with Crippen LogP contribution >= 0.6 is 0 Å². The number of nitrogens with one attached hydrogen (secondary N) is 3. The van der Waals surface area contributed by atoms with Crippen molar-refractivity contribution in [3.8, 4) is 6.07 Å². The third-order valence-corrected chi connectivity index (χ3v) is 5.22. The summed E-state index contributed by atoms with van der Waals surface area (Å²) in [6.45, 7) is 1.78. The van der Waals surface area contributed by atoms with Crippen LogP contribution in [0.25, 0.3) is 10.9 Å². The molecule has 0 radical (unpaired) electrons. The number of nitrogens with zero attached hydrogens (tertiary/aromatic N) is 4. The van der Waals surface area contributed by atoms with E-state index in [-0.39, 0.29) is 17.4 Å². The molecule has 1 amide bonds. The molecule has 3 heterocycles. The predicted octanol–water partition coefficient (Wildman–Crippen LogP) is 3.70. The highest BCUT2D eigenvalue weighted by Gasteiger charge is 2.33. The number of aromatic amines is 1. The third-order valence-electron chi connectivity index (χ3n) is 5.22. The number of allylic oxidation sites excluding steroid dienone is 1. The van der Waals surface area contributed by atoms with E-state index in [2.05, 4.69) is 25.9 Å². The molecule has 0 bridgehead atoms. The first-order chi connectivity index (χ1) is 15.0. The Balaban J connectivity index is 1.57. The van der Waals surface area contributed by atoms with Gasteiger partial charge < -0.3 is 10.6 Å². The topological polar surface area (TPSA) is 111 Å². The van der Waals surface area contributed by atoms with Crippen molar-refractivity contribution >= 4 is 28.3 Å². The number of carbonyl (C=O) groups excluding carboxylic acids is 1. The van der Waals surface area contributed by atoms with E-state index >= 15 is 0 Å². The second-order valence-corrected chi connectivity index (χ2v) is 7.22. The fourth-order valence-corrected chi connectivity index (χ4v) is 3.79. The van der Waals surface area contributed by atoms with Gasteiger partial charge in [-0.05, 0) is 42.8 Å². The average Bonchev–Trinajstić information content (AvgIpc) is 3.39. The van der Waals surface area contributed by atoms with Gasteiger partial charge in [0.15, 0.2) is 5.69 Å². The molecule has 3 N–H and O–H groups in total. The number of nitriles is 1. The van der Waals surface area contributed by atoms with E-state index in [0.29, 0.717) is 28.3 Å². The smallest absolute Gasteiger partial charge is 0.255 e. The number of fused-ring (bicyclic) bond motifs is 2. The minimum absolute atomic E-state index is 0.217. The number of hydrogen-bond acceptors (Lipinski definition) is 5. The van der Waals surface area contributed by atoms with E-state index in [1.807, 2.05) is 18.2 Å². The van der Waals surface area contributed by atoms with Crippen LogP contribution in [-0.4, -0.2) is 25.9 Å². The first-order valence-corrected chi connectivity index (χ1v) is 9.51. The number of rotatable bonds is 3. The maximum absolute atomic E-state index is 13.6. The molecule has 0 fully saturated rings. The van der Waals surface area contributed by atoms with Crippen LogP contribution in [0.5, 0.6) is 0 Å². The van der Waals surface area contributed by atoms with Gasteiger partial charge >= 0.3 is 0 Å². The molecular weight excluding hydrogens is 397 g/mol. The standard InChI is InChI=1S/C22H16FN7O/c1-12-20(22(31)27-16-6-7-18-14(8-16)11-25-28-18)21(13-2-4-15(23)5-3-13)30-19(26-12)9-17(10-24)29-30/h2-9,11,21,26H,1H3,(H,25,28)(H,27,31). The molecule has 1 unspecified atom stereocenters. The minimum Gasteiger partial charge on any atom is -0.344 e. The molecule has 5 rings (SSSR count). The van der Waals surface area contributed by atoms with Gasteiger partial charge in [-0.2, -0.15) is 15.5 Å². The second-order valence-electron chi connectivity index (χ2n) is 7.22. The zero-order chi connectivity index (χ0) is 21.5. The van der Waals surface area contributed by atoms with Crippen molar-refractivity contribution in [3.63, 3.8) is 0 Å². The number of carbonyl (C=O) groups is 1. The SMILES string of the molecule is CC1=C(C(=O)Nc2ccc3[nH]ncc3c2)C(c2ccc(F)cc2)n2nc(C#N)cc2N1. The van der Waals surface area contributed by atoms with Gasteiger partial charge in [-0.25, -0.2) is 9.07 Å². The van der Waals surface area contributed by atoms with Crippen molar-refractivity contribution in [3.05, 3.63) is 83.1 Å². The Labute approximate surface area is 176 Å². The molecule has 1 aliphatic rings. The van der Waals surface area contributed by atoms with Crippen molar-refractivity contribution in [1.82, 2.24) is 20.0 Å². The number of H-pyrrole nitrogens is 1. The summed E-state index contributed by atoms with van der Waals surface area (Å²) >= 11 is 0. The maximum Gasteiger partial charge on any atom is 0.255 e.